The van der Waals surface area contributed by atoms with E-state index in [1.54, 1.807) is 5.01 Å². The van der Waals surface area contributed by atoms with E-state index in [9.17, 15) is 4.79 Å². The van der Waals surface area contributed by atoms with Crippen LogP contribution in [0.1, 0.15) is 36.4 Å². The minimum atomic E-state index is 0.0270. The predicted molar refractivity (Wildman–Crippen MR) is 99.4 cm³/mol. The average molecular weight is 333 g/mol. The molecule has 2 unspecified atom stereocenters. The van der Waals surface area contributed by atoms with Gasteiger partial charge in [0.05, 0.1) is 6.04 Å². The van der Waals surface area contributed by atoms with Crippen LogP contribution in [-0.2, 0) is 0 Å². The zero-order chi connectivity index (χ0) is 17.2. The van der Waals surface area contributed by atoms with Crippen LogP contribution in [0.4, 0.5) is 4.79 Å². The molecule has 4 heteroatoms. The fourth-order valence-corrected chi connectivity index (χ4v) is 3.71. The lowest BCUT2D eigenvalue weighted by molar-refractivity contribution is 0.0746. The van der Waals surface area contributed by atoms with Crippen LogP contribution in [0.25, 0.3) is 0 Å². The van der Waals surface area contributed by atoms with Gasteiger partial charge < -0.3 is 4.90 Å². The first kappa shape index (κ1) is 15.9. The monoisotopic (exact) mass is 333 g/mol. The van der Waals surface area contributed by atoms with Crippen molar-refractivity contribution in [3.8, 4) is 0 Å². The molecule has 0 bridgehead atoms. The van der Waals surface area contributed by atoms with Gasteiger partial charge in [-0.1, -0.05) is 67.6 Å². The largest absolute Gasteiger partial charge is 0.341 e. The second-order valence-electron chi connectivity index (χ2n) is 6.95. The van der Waals surface area contributed by atoms with Crippen molar-refractivity contribution in [2.75, 3.05) is 13.1 Å². The van der Waals surface area contributed by atoms with Crippen molar-refractivity contribution in [3.05, 3.63) is 71.8 Å². The standard InChI is InChI=1S/C21H23N3O/c1-16(17-8-4-2-5-9-17)19-14-23(15-19)21(25)24-20(12-13-22-24)18-10-6-3-7-11-18/h2-11,13,16,19-20H,12,14-15H2,1H3. The quantitative estimate of drug-likeness (QED) is 0.826. The third-order valence-electron chi connectivity index (χ3n) is 5.42. The van der Waals surface area contributed by atoms with Crippen molar-refractivity contribution in [1.29, 1.82) is 0 Å². The summed E-state index contributed by atoms with van der Waals surface area (Å²) in [5.74, 6) is 0.991. The first-order valence-electron chi connectivity index (χ1n) is 8.94. The summed E-state index contributed by atoms with van der Waals surface area (Å²) < 4.78 is 0. The Balaban J connectivity index is 1.39. The Hall–Kier alpha value is -2.62. The number of rotatable bonds is 3. The lowest BCUT2D eigenvalue weighted by Gasteiger charge is -2.44. The number of benzene rings is 2. The lowest BCUT2D eigenvalue weighted by Crippen LogP contribution is -2.55. The highest BCUT2D eigenvalue weighted by atomic mass is 16.2. The highest BCUT2D eigenvalue weighted by Crippen LogP contribution is 2.35. The van der Waals surface area contributed by atoms with Crippen LogP contribution in [0, 0.1) is 5.92 Å². The number of amides is 2. The lowest BCUT2D eigenvalue weighted by atomic mass is 9.82. The van der Waals surface area contributed by atoms with Gasteiger partial charge in [0.2, 0.25) is 0 Å². The molecule has 128 valence electrons. The van der Waals surface area contributed by atoms with Gasteiger partial charge in [0.15, 0.2) is 0 Å². The third-order valence-corrected chi connectivity index (χ3v) is 5.42. The average Bonchev–Trinajstić information content (AvgIpc) is 3.11. The summed E-state index contributed by atoms with van der Waals surface area (Å²) in [5.41, 5.74) is 2.49. The molecule has 1 fully saturated rings. The van der Waals surface area contributed by atoms with E-state index >= 15 is 0 Å². The van der Waals surface area contributed by atoms with Gasteiger partial charge in [-0.3, -0.25) is 0 Å². The minimum absolute atomic E-state index is 0.0270. The normalized spacial score (nSPS) is 21.2. The van der Waals surface area contributed by atoms with Crippen molar-refractivity contribution in [3.63, 3.8) is 0 Å². The van der Waals surface area contributed by atoms with E-state index in [1.165, 1.54) is 5.56 Å². The molecule has 2 aromatic rings. The van der Waals surface area contributed by atoms with E-state index in [0.717, 1.165) is 25.1 Å². The van der Waals surface area contributed by atoms with Gasteiger partial charge in [-0.15, -0.1) is 0 Å². The van der Waals surface area contributed by atoms with Crippen LogP contribution in [0.3, 0.4) is 0 Å². The summed E-state index contributed by atoms with van der Waals surface area (Å²) in [6.45, 7) is 3.87. The first-order valence-corrected chi connectivity index (χ1v) is 8.94. The van der Waals surface area contributed by atoms with Gasteiger partial charge in [0.25, 0.3) is 0 Å². The van der Waals surface area contributed by atoms with Gasteiger partial charge in [0, 0.05) is 31.6 Å². The molecule has 2 aromatic carbocycles. The van der Waals surface area contributed by atoms with Crippen molar-refractivity contribution in [1.82, 2.24) is 9.91 Å². The second-order valence-corrected chi connectivity index (χ2v) is 6.95. The summed E-state index contributed by atoms with van der Waals surface area (Å²) in [6.07, 6.45) is 2.63. The molecule has 0 aliphatic carbocycles. The number of hydrogen-bond donors (Lipinski definition) is 0. The molecule has 0 spiro atoms. The number of carbonyl (C=O) groups excluding carboxylic acids is 1. The fraction of sp³-hybridized carbons (Fsp3) is 0.333. The Labute approximate surface area is 148 Å². The Bertz CT molecular complexity index is 753. The summed E-state index contributed by atoms with van der Waals surface area (Å²) in [5, 5.41) is 5.99. The van der Waals surface area contributed by atoms with E-state index in [4.69, 9.17) is 0 Å². The van der Waals surface area contributed by atoms with Gasteiger partial charge in [-0.25, -0.2) is 9.80 Å². The molecule has 0 aromatic heterocycles. The number of carbonyl (C=O) groups is 1. The van der Waals surface area contributed by atoms with Crippen LogP contribution in [0.15, 0.2) is 65.8 Å². The van der Waals surface area contributed by atoms with Crippen molar-refractivity contribution in [2.24, 2.45) is 11.0 Å². The molecule has 0 N–H and O–H groups in total. The summed E-state index contributed by atoms with van der Waals surface area (Å²) in [7, 11) is 0. The van der Waals surface area contributed by atoms with Crippen molar-refractivity contribution >= 4 is 12.2 Å². The molecule has 0 saturated carbocycles. The Morgan fingerprint density at radius 3 is 2.36 bits per heavy atom. The van der Waals surface area contributed by atoms with Crippen LogP contribution < -0.4 is 0 Å². The Morgan fingerprint density at radius 1 is 1.04 bits per heavy atom. The van der Waals surface area contributed by atoms with Gasteiger partial charge in [-0.2, -0.15) is 5.10 Å². The zero-order valence-corrected chi connectivity index (χ0v) is 14.5. The zero-order valence-electron chi connectivity index (χ0n) is 14.5. The van der Waals surface area contributed by atoms with Crippen LogP contribution in [0.2, 0.25) is 0 Å². The maximum atomic E-state index is 12.9. The molecule has 4 nitrogen and oxygen atoms in total. The maximum absolute atomic E-state index is 12.9. The predicted octanol–water partition coefficient (Wildman–Crippen LogP) is 4.27. The second kappa shape index (κ2) is 6.71. The molecule has 4 rings (SSSR count). The molecule has 2 aliphatic heterocycles. The summed E-state index contributed by atoms with van der Waals surface area (Å²) in [4.78, 5) is 14.8. The number of likely N-dealkylation sites (tertiary alicyclic amines) is 1. The Morgan fingerprint density at radius 2 is 1.68 bits per heavy atom. The molecule has 0 radical (unpaired) electrons. The molecular formula is C21H23N3O. The van der Waals surface area contributed by atoms with Crippen LogP contribution in [0.5, 0.6) is 0 Å². The van der Waals surface area contributed by atoms with Crippen LogP contribution >= 0.6 is 0 Å². The van der Waals surface area contributed by atoms with E-state index < -0.39 is 0 Å². The summed E-state index contributed by atoms with van der Waals surface area (Å²) in [6, 6.07) is 20.8. The Kier molecular flexibility index (Phi) is 4.26. The van der Waals surface area contributed by atoms with E-state index in [0.29, 0.717) is 11.8 Å². The molecule has 2 heterocycles. The minimum Gasteiger partial charge on any atom is -0.322 e. The first-order chi connectivity index (χ1) is 12.2. The number of hydrogen-bond acceptors (Lipinski definition) is 2. The van der Waals surface area contributed by atoms with Gasteiger partial charge >= 0.3 is 6.03 Å². The van der Waals surface area contributed by atoms with E-state index in [2.05, 4.69) is 48.4 Å². The molecule has 1 saturated heterocycles. The molecule has 2 atom stereocenters. The highest BCUT2D eigenvalue weighted by Gasteiger charge is 2.39. The number of hydrazone groups is 1. The smallest absolute Gasteiger partial charge is 0.322 e. The summed E-state index contributed by atoms with van der Waals surface area (Å²) >= 11 is 0. The molecule has 25 heavy (non-hydrogen) atoms. The molecular weight excluding hydrogens is 310 g/mol. The van der Waals surface area contributed by atoms with Crippen LogP contribution in [-0.4, -0.2) is 35.2 Å². The highest BCUT2D eigenvalue weighted by molar-refractivity contribution is 5.79. The topological polar surface area (TPSA) is 35.9 Å². The third kappa shape index (κ3) is 3.04. The fourth-order valence-electron chi connectivity index (χ4n) is 3.71. The SMILES string of the molecule is CC(c1ccccc1)C1CN(C(=O)N2N=CCC2c2ccccc2)C1. The molecule has 2 amide bonds. The van der Waals surface area contributed by atoms with E-state index in [1.807, 2.05) is 35.4 Å². The number of urea groups is 1. The van der Waals surface area contributed by atoms with Crippen molar-refractivity contribution in [2.45, 2.75) is 25.3 Å². The molecule has 2 aliphatic rings. The van der Waals surface area contributed by atoms with Gasteiger partial charge in [-0.05, 0) is 17.0 Å². The van der Waals surface area contributed by atoms with E-state index in [-0.39, 0.29) is 12.1 Å². The van der Waals surface area contributed by atoms with Crippen molar-refractivity contribution < 1.29 is 4.79 Å². The maximum Gasteiger partial charge on any atom is 0.341 e. The number of nitrogens with zero attached hydrogens (tertiary/aromatic N) is 3. The van der Waals surface area contributed by atoms with Gasteiger partial charge in [0.1, 0.15) is 0 Å².